The van der Waals surface area contributed by atoms with Gasteiger partial charge < -0.3 is 10.6 Å². The lowest BCUT2D eigenvalue weighted by Crippen LogP contribution is -2.14. The molecule has 2 atom stereocenters. The Morgan fingerprint density at radius 2 is 1.09 bits per heavy atom. The fourth-order valence-electron chi connectivity index (χ4n) is 3.28. The first-order chi connectivity index (χ1) is 15.6. The second-order valence-corrected chi connectivity index (χ2v) is 8.77. The van der Waals surface area contributed by atoms with Gasteiger partial charge in [-0.1, -0.05) is 78.4 Å². The molecule has 0 aliphatic rings. The summed E-state index contributed by atoms with van der Waals surface area (Å²) in [6.45, 7) is 6.29. The summed E-state index contributed by atoms with van der Waals surface area (Å²) >= 11 is 1.53. The fraction of sp³-hybridized carbons (Fsp3) is 0.192. The first-order valence-corrected chi connectivity index (χ1v) is 11.5. The number of aryl methyl sites for hydroxylation is 1. The average molecular weight is 442 g/mol. The Morgan fingerprint density at radius 1 is 0.625 bits per heavy atom. The van der Waals surface area contributed by atoms with E-state index in [2.05, 4.69) is 94.9 Å². The summed E-state index contributed by atoms with van der Waals surface area (Å²) in [7, 11) is 0. The van der Waals surface area contributed by atoms with Gasteiger partial charge in [0, 0.05) is 4.90 Å². The molecule has 0 aliphatic heterocycles. The van der Waals surface area contributed by atoms with Crippen molar-refractivity contribution in [2.24, 2.45) is 0 Å². The second kappa shape index (κ2) is 10.3. The predicted molar refractivity (Wildman–Crippen MR) is 132 cm³/mol. The molecule has 4 aromatic rings. The maximum atomic E-state index is 4.69. The predicted octanol–water partition coefficient (Wildman–Crippen LogP) is 6.68. The van der Waals surface area contributed by atoms with Crippen molar-refractivity contribution in [1.29, 1.82) is 0 Å². The van der Waals surface area contributed by atoms with Crippen molar-refractivity contribution in [2.75, 3.05) is 10.6 Å². The standard InChI is InChI=1S/C26H27N5S/c1-18-14-16-23(17-15-18)32-26-30-24(27-19(2)21-10-6-4-7-11-21)29-25(31-26)28-20(3)22-12-8-5-9-13-22/h4-17,19-20H,1-3H3,(H2,27,28,29,30,31). The van der Waals surface area contributed by atoms with Gasteiger partial charge in [-0.3, -0.25) is 0 Å². The van der Waals surface area contributed by atoms with Crippen LogP contribution in [0.4, 0.5) is 11.9 Å². The van der Waals surface area contributed by atoms with Gasteiger partial charge >= 0.3 is 0 Å². The van der Waals surface area contributed by atoms with Gasteiger partial charge in [-0.05, 0) is 55.8 Å². The Kier molecular flexibility index (Phi) is 7.02. The summed E-state index contributed by atoms with van der Waals surface area (Å²) in [6.07, 6.45) is 0. The lowest BCUT2D eigenvalue weighted by Gasteiger charge is -2.18. The van der Waals surface area contributed by atoms with Gasteiger partial charge in [-0.2, -0.15) is 15.0 Å². The monoisotopic (exact) mass is 441 g/mol. The third-order valence-corrected chi connectivity index (χ3v) is 6.01. The number of anilines is 2. The van der Waals surface area contributed by atoms with E-state index in [0.29, 0.717) is 17.1 Å². The molecule has 1 aromatic heterocycles. The highest BCUT2D eigenvalue weighted by molar-refractivity contribution is 7.99. The SMILES string of the molecule is Cc1ccc(Sc2nc(NC(C)c3ccccc3)nc(NC(C)c3ccccc3)n2)cc1. The minimum Gasteiger partial charge on any atom is -0.348 e. The lowest BCUT2D eigenvalue weighted by molar-refractivity contribution is 0.802. The van der Waals surface area contributed by atoms with E-state index in [1.165, 1.54) is 28.5 Å². The Bertz CT molecular complexity index is 1070. The van der Waals surface area contributed by atoms with Crippen LogP contribution in [-0.2, 0) is 0 Å². The summed E-state index contributed by atoms with van der Waals surface area (Å²) in [5.41, 5.74) is 3.57. The molecule has 3 aromatic carbocycles. The number of aromatic nitrogens is 3. The number of nitrogens with zero attached hydrogens (tertiary/aromatic N) is 3. The molecule has 5 nitrogen and oxygen atoms in total. The van der Waals surface area contributed by atoms with Gasteiger partial charge in [-0.15, -0.1) is 0 Å². The molecule has 0 spiro atoms. The minimum atomic E-state index is 0.0650. The zero-order chi connectivity index (χ0) is 22.3. The average Bonchev–Trinajstić information content (AvgIpc) is 2.81. The zero-order valence-electron chi connectivity index (χ0n) is 18.5. The molecular formula is C26H27N5S. The van der Waals surface area contributed by atoms with Gasteiger partial charge in [0.1, 0.15) is 0 Å². The Hall–Kier alpha value is -3.38. The highest BCUT2D eigenvalue weighted by atomic mass is 32.2. The first-order valence-electron chi connectivity index (χ1n) is 10.7. The zero-order valence-corrected chi connectivity index (χ0v) is 19.3. The number of hydrogen-bond donors (Lipinski definition) is 2. The van der Waals surface area contributed by atoms with E-state index < -0.39 is 0 Å². The molecule has 0 fully saturated rings. The summed E-state index contributed by atoms with van der Waals surface area (Å²) < 4.78 is 0. The smallest absolute Gasteiger partial charge is 0.228 e. The van der Waals surface area contributed by atoms with E-state index in [1.54, 1.807) is 0 Å². The molecule has 4 rings (SSSR count). The summed E-state index contributed by atoms with van der Waals surface area (Å²) in [4.78, 5) is 15.1. The van der Waals surface area contributed by atoms with Crippen molar-refractivity contribution >= 4 is 23.7 Å². The Balaban J connectivity index is 1.60. The molecule has 1 heterocycles. The first kappa shape index (κ1) is 21.8. The maximum Gasteiger partial charge on any atom is 0.228 e. The van der Waals surface area contributed by atoms with Crippen LogP contribution in [0.5, 0.6) is 0 Å². The van der Waals surface area contributed by atoms with Crippen molar-refractivity contribution in [3.63, 3.8) is 0 Å². The molecule has 0 saturated carbocycles. The van der Waals surface area contributed by atoms with Crippen LogP contribution >= 0.6 is 11.8 Å². The topological polar surface area (TPSA) is 62.7 Å². The molecule has 2 N–H and O–H groups in total. The van der Waals surface area contributed by atoms with Crippen LogP contribution in [0.15, 0.2) is 95.0 Å². The third-order valence-electron chi connectivity index (χ3n) is 5.14. The third kappa shape index (κ3) is 5.86. The van der Waals surface area contributed by atoms with E-state index in [4.69, 9.17) is 0 Å². The number of nitrogens with one attached hydrogen (secondary N) is 2. The quantitative estimate of drug-likeness (QED) is 0.318. The Morgan fingerprint density at radius 3 is 1.56 bits per heavy atom. The van der Waals surface area contributed by atoms with Crippen LogP contribution in [0.25, 0.3) is 0 Å². The summed E-state index contributed by atoms with van der Waals surface area (Å²) in [5, 5.41) is 7.51. The van der Waals surface area contributed by atoms with Crippen molar-refractivity contribution in [1.82, 2.24) is 15.0 Å². The normalized spacial score (nSPS) is 12.7. The van der Waals surface area contributed by atoms with Crippen molar-refractivity contribution < 1.29 is 0 Å². The van der Waals surface area contributed by atoms with Gasteiger partial charge in [-0.25, -0.2) is 0 Å². The van der Waals surface area contributed by atoms with E-state index in [0.717, 1.165) is 4.90 Å². The van der Waals surface area contributed by atoms with E-state index >= 15 is 0 Å². The molecular weight excluding hydrogens is 414 g/mol. The molecule has 162 valence electrons. The van der Waals surface area contributed by atoms with Gasteiger partial charge in [0.05, 0.1) is 12.1 Å². The molecule has 6 heteroatoms. The lowest BCUT2D eigenvalue weighted by atomic mass is 10.1. The van der Waals surface area contributed by atoms with Crippen molar-refractivity contribution in [2.45, 2.75) is 42.9 Å². The highest BCUT2D eigenvalue weighted by Crippen LogP contribution is 2.28. The molecule has 32 heavy (non-hydrogen) atoms. The summed E-state index contributed by atoms with van der Waals surface area (Å²) in [6, 6.07) is 29.0. The summed E-state index contributed by atoms with van der Waals surface area (Å²) in [5.74, 6) is 1.10. The van der Waals surface area contributed by atoms with Gasteiger partial charge in [0.2, 0.25) is 11.9 Å². The fourth-order valence-corrected chi connectivity index (χ4v) is 4.03. The van der Waals surface area contributed by atoms with Crippen LogP contribution in [0.3, 0.4) is 0 Å². The second-order valence-electron chi connectivity index (χ2n) is 7.73. The van der Waals surface area contributed by atoms with Crippen LogP contribution in [0.2, 0.25) is 0 Å². The van der Waals surface area contributed by atoms with Crippen LogP contribution in [0, 0.1) is 6.92 Å². The van der Waals surface area contributed by atoms with Gasteiger partial charge in [0.25, 0.3) is 0 Å². The molecule has 0 bridgehead atoms. The Labute approximate surface area is 193 Å². The van der Waals surface area contributed by atoms with E-state index in [9.17, 15) is 0 Å². The van der Waals surface area contributed by atoms with E-state index in [1.807, 2.05) is 36.4 Å². The molecule has 2 unspecified atom stereocenters. The highest BCUT2D eigenvalue weighted by Gasteiger charge is 2.14. The number of rotatable bonds is 8. The van der Waals surface area contributed by atoms with Crippen LogP contribution in [-0.4, -0.2) is 15.0 Å². The molecule has 0 aliphatic carbocycles. The van der Waals surface area contributed by atoms with Crippen molar-refractivity contribution in [3.8, 4) is 0 Å². The largest absolute Gasteiger partial charge is 0.348 e. The van der Waals surface area contributed by atoms with Gasteiger partial charge in [0.15, 0.2) is 5.16 Å². The molecule has 0 radical (unpaired) electrons. The molecule has 0 amide bonds. The van der Waals surface area contributed by atoms with Crippen molar-refractivity contribution in [3.05, 3.63) is 102 Å². The maximum absolute atomic E-state index is 4.69. The van der Waals surface area contributed by atoms with Crippen LogP contribution < -0.4 is 10.6 Å². The van der Waals surface area contributed by atoms with Crippen LogP contribution in [0.1, 0.15) is 42.6 Å². The molecule has 0 saturated heterocycles. The van der Waals surface area contributed by atoms with E-state index in [-0.39, 0.29) is 12.1 Å². The number of hydrogen-bond acceptors (Lipinski definition) is 6. The minimum absolute atomic E-state index is 0.0650. The number of benzene rings is 3.